The van der Waals surface area contributed by atoms with Crippen molar-refractivity contribution in [2.24, 2.45) is 0 Å². The maximum Gasteiger partial charge on any atom is 0.261 e. The van der Waals surface area contributed by atoms with Gasteiger partial charge in [0.1, 0.15) is 11.4 Å². The van der Waals surface area contributed by atoms with Crippen LogP contribution in [0, 0.1) is 0 Å². The van der Waals surface area contributed by atoms with Crippen molar-refractivity contribution < 1.29 is 4.79 Å². The summed E-state index contributed by atoms with van der Waals surface area (Å²) in [6.07, 6.45) is 2.85. The Balaban J connectivity index is 0.000000569. The average Bonchev–Trinajstić information content (AvgIpc) is 2.94. The Labute approximate surface area is 147 Å². The summed E-state index contributed by atoms with van der Waals surface area (Å²) in [5, 5.41) is 10.6. The number of para-hydroxylation sites is 2. The number of anilines is 3. The molecule has 4 rings (SSSR count). The van der Waals surface area contributed by atoms with Crippen LogP contribution in [0.4, 0.5) is 17.2 Å². The summed E-state index contributed by atoms with van der Waals surface area (Å²) in [6, 6.07) is 17.7. The van der Waals surface area contributed by atoms with Crippen molar-refractivity contribution >= 4 is 23.1 Å². The summed E-state index contributed by atoms with van der Waals surface area (Å²) in [6.45, 7) is 4.86. The lowest BCUT2D eigenvalue weighted by atomic mass is 10.2. The van der Waals surface area contributed by atoms with Gasteiger partial charge in [0, 0.05) is 0 Å². The summed E-state index contributed by atoms with van der Waals surface area (Å²) in [7, 11) is 0. The van der Waals surface area contributed by atoms with E-state index in [4.69, 9.17) is 0 Å². The van der Waals surface area contributed by atoms with Crippen LogP contribution >= 0.6 is 0 Å². The smallest absolute Gasteiger partial charge is 0.261 e. The van der Waals surface area contributed by atoms with E-state index in [9.17, 15) is 4.79 Å². The van der Waals surface area contributed by atoms with Gasteiger partial charge in [-0.05, 0) is 17.7 Å². The van der Waals surface area contributed by atoms with E-state index in [1.54, 1.807) is 6.20 Å². The van der Waals surface area contributed by atoms with E-state index in [0.717, 1.165) is 16.9 Å². The largest absolute Gasteiger partial charge is 0.338 e. The summed E-state index contributed by atoms with van der Waals surface area (Å²) in [5.74, 6) is 0.568. The molecule has 5 nitrogen and oxygen atoms in total. The van der Waals surface area contributed by atoms with Gasteiger partial charge in [0.25, 0.3) is 5.91 Å². The van der Waals surface area contributed by atoms with Crippen LogP contribution in [0.15, 0.2) is 60.8 Å². The van der Waals surface area contributed by atoms with Crippen molar-refractivity contribution in [2.45, 2.75) is 26.8 Å². The third-order valence-corrected chi connectivity index (χ3v) is 3.69. The Kier molecular flexibility index (Phi) is 5.14. The summed E-state index contributed by atoms with van der Waals surface area (Å²) in [4.78, 5) is 12.3. The normalized spacial score (nSPS) is 11.8. The van der Waals surface area contributed by atoms with E-state index in [-0.39, 0.29) is 5.91 Å². The molecule has 128 valence electrons. The first-order valence-electron chi connectivity index (χ1n) is 8.50. The molecule has 5 heteroatoms. The van der Waals surface area contributed by atoms with Crippen molar-refractivity contribution in [1.82, 2.24) is 9.78 Å². The standard InChI is InChI=1S/C17H14N4O.C3H8/c22-17-13-10-18-21(11-12-6-2-1-3-7-12)16(13)19-14-8-4-5-9-15(14)20-17;1-3-2/h1-10,19H,11H2,(H,20,22);3H2,1-2H3. The molecule has 0 radical (unpaired) electrons. The zero-order valence-corrected chi connectivity index (χ0v) is 14.5. The Morgan fingerprint density at radius 3 is 2.20 bits per heavy atom. The van der Waals surface area contributed by atoms with E-state index < -0.39 is 0 Å². The average molecular weight is 334 g/mol. The third kappa shape index (κ3) is 3.71. The molecule has 1 aliphatic heterocycles. The van der Waals surface area contributed by atoms with Crippen molar-refractivity contribution in [1.29, 1.82) is 0 Å². The van der Waals surface area contributed by atoms with Crippen LogP contribution in [0.25, 0.3) is 0 Å². The summed E-state index contributed by atoms with van der Waals surface area (Å²) < 4.78 is 1.81. The van der Waals surface area contributed by atoms with Gasteiger partial charge in [0.2, 0.25) is 0 Å². The van der Waals surface area contributed by atoms with Gasteiger partial charge in [-0.3, -0.25) is 4.79 Å². The molecule has 0 bridgehead atoms. The molecule has 0 saturated heterocycles. The van der Waals surface area contributed by atoms with Crippen LogP contribution in [0.5, 0.6) is 0 Å². The molecular weight excluding hydrogens is 312 g/mol. The van der Waals surface area contributed by atoms with Crippen LogP contribution in [0.3, 0.4) is 0 Å². The monoisotopic (exact) mass is 334 g/mol. The molecule has 0 fully saturated rings. The Bertz CT molecular complexity index is 855. The molecule has 2 heterocycles. The fraction of sp³-hybridized carbons (Fsp3) is 0.200. The van der Waals surface area contributed by atoms with Crippen molar-refractivity contribution in [3.8, 4) is 0 Å². The molecule has 1 aliphatic rings. The predicted molar refractivity (Wildman–Crippen MR) is 101 cm³/mol. The second kappa shape index (κ2) is 7.66. The minimum atomic E-state index is -0.147. The van der Waals surface area contributed by atoms with E-state index in [1.165, 1.54) is 6.42 Å². The van der Waals surface area contributed by atoms with Crippen molar-refractivity contribution in [3.63, 3.8) is 0 Å². The number of hydrogen-bond donors (Lipinski definition) is 2. The number of rotatable bonds is 2. The lowest BCUT2D eigenvalue weighted by Crippen LogP contribution is -2.10. The van der Waals surface area contributed by atoms with Crippen molar-refractivity contribution in [3.05, 3.63) is 71.9 Å². The minimum Gasteiger partial charge on any atom is -0.338 e. The fourth-order valence-corrected chi connectivity index (χ4v) is 2.58. The van der Waals surface area contributed by atoms with Gasteiger partial charge in [-0.1, -0.05) is 62.7 Å². The number of fused-ring (bicyclic) bond motifs is 2. The summed E-state index contributed by atoms with van der Waals surface area (Å²) >= 11 is 0. The first-order valence-corrected chi connectivity index (χ1v) is 8.50. The van der Waals surface area contributed by atoms with Gasteiger partial charge in [0.05, 0.1) is 24.1 Å². The lowest BCUT2D eigenvalue weighted by molar-refractivity contribution is 0.102. The van der Waals surface area contributed by atoms with E-state index in [2.05, 4.69) is 29.6 Å². The third-order valence-electron chi connectivity index (χ3n) is 3.69. The van der Waals surface area contributed by atoms with E-state index >= 15 is 0 Å². The van der Waals surface area contributed by atoms with Gasteiger partial charge in [-0.15, -0.1) is 0 Å². The highest BCUT2D eigenvalue weighted by atomic mass is 16.1. The first-order chi connectivity index (χ1) is 12.2. The highest BCUT2D eigenvalue weighted by Crippen LogP contribution is 2.31. The molecule has 1 aromatic heterocycles. The molecule has 2 N–H and O–H groups in total. The molecule has 1 amide bonds. The second-order valence-corrected chi connectivity index (χ2v) is 5.88. The molecule has 0 atom stereocenters. The SMILES string of the molecule is CCC.O=C1Nc2ccccc2Nc2c1cnn2Cc1ccccc1. The predicted octanol–water partition coefficient (Wildman–Crippen LogP) is 4.66. The van der Waals surface area contributed by atoms with Gasteiger partial charge < -0.3 is 10.6 Å². The number of nitrogens with one attached hydrogen (secondary N) is 2. The maximum atomic E-state index is 12.3. The van der Waals surface area contributed by atoms with Crippen LogP contribution < -0.4 is 10.6 Å². The van der Waals surface area contributed by atoms with Crippen LogP contribution in [-0.2, 0) is 6.54 Å². The zero-order valence-electron chi connectivity index (χ0n) is 14.5. The number of amides is 1. The number of carbonyl (C=O) groups excluding carboxylic acids is 1. The Morgan fingerprint density at radius 1 is 0.920 bits per heavy atom. The van der Waals surface area contributed by atoms with Gasteiger partial charge in [-0.25, -0.2) is 4.68 Å². The molecular formula is C20H22N4O. The molecule has 3 aromatic rings. The minimum absolute atomic E-state index is 0.147. The fourth-order valence-electron chi connectivity index (χ4n) is 2.58. The number of carbonyl (C=O) groups is 1. The molecule has 0 spiro atoms. The molecule has 25 heavy (non-hydrogen) atoms. The highest BCUT2D eigenvalue weighted by Gasteiger charge is 2.22. The van der Waals surface area contributed by atoms with Crippen LogP contribution in [0.1, 0.15) is 36.2 Å². The highest BCUT2D eigenvalue weighted by molar-refractivity contribution is 6.11. The molecule has 0 unspecified atom stereocenters. The van der Waals surface area contributed by atoms with Gasteiger partial charge in [-0.2, -0.15) is 5.10 Å². The molecule has 0 saturated carbocycles. The number of hydrogen-bond acceptors (Lipinski definition) is 3. The van der Waals surface area contributed by atoms with E-state index in [1.807, 2.05) is 59.3 Å². The van der Waals surface area contributed by atoms with Gasteiger partial charge in [0.15, 0.2) is 0 Å². The number of aromatic nitrogens is 2. The Morgan fingerprint density at radius 2 is 1.52 bits per heavy atom. The molecule has 2 aromatic carbocycles. The lowest BCUT2D eigenvalue weighted by Gasteiger charge is -2.11. The number of benzene rings is 2. The maximum absolute atomic E-state index is 12.3. The quantitative estimate of drug-likeness (QED) is 0.717. The zero-order chi connectivity index (χ0) is 17.6. The number of nitrogens with zero attached hydrogens (tertiary/aromatic N) is 2. The van der Waals surface area contributed by atoms with Crippen molar-refractivity contribution in [2.75, 3.05) is 10.6 Å². The topological polar surface area (TPSA) is 59.0 Å². The molecule has 0 aliphatic carbocycles. The Hall–Kier alpha value is -3.08. The van der Waals surface area contributed by atoms with E-state index in [0.29, 0.717) is 17.9 Å². The first kappa shape index (κ1) is 16.8. The van der Waals surface area contributed by atoms with Crippen LogP contribution in [-0.4, -0.2) is 15.7 Å². The second-order valence-electron chi connectivity index (χ2n) is 5.88. The summed E-state index contributed by atoms with van der Waals surface area (Å²) in [5.41, 5.74) is 3.32. The van der Waals surface area contributed by atoms with Gasteiger partial charge >= 0.3 is 0 Å². The van der Waals surface area contributed by atoms with Crippen LogP contribution in [0.2, 0.25) is 0 Å².